The van der Waals surface area contributed by atoms with Crippen LogP contribution in [0, 0.1) is 0 Å². The molecule has 0 amide bonds. The fourth-order valence-electron chi connectivity index (χ4n) is 1.53. The number of hydrogen-bond acceptors (Lipinski definition) is 6. The monoisotopic (exact) mass is 290 g/mol. The number of aliphatic carboxylic acids is 1. The van der Waals surface area contributed by atoms with Crippen molar-refractivity contribution in [3.8, 4) is 11.5 Å². The van der Waals surface area contributed by atoms with E-state index in [0.29, 0.717) is 17.1 Å². The lowest BCUT2D eigenvalue weighted by molar-refractivity contribution is -0.144. The molecule has 1 aromatic carbocycles. The van der Waals surface area contributed by atoms with Crippen molar-refractivity contribution >= 4 is 12.2 Å². The minimum absolute atomic E-state index is 0.312. The number of aromatic nitrogens is 3. The first kappa shape index (κ1) is 14.5. The van der Waals surface area contributed by atoms with Gasteiger partial charge in [0.2, 0.25) is 0 Å². The van der Waals surface area contributed by atoms with E-state index in [2.05, 4.69) is 15.3 Å². The van der Waals surface area contributed by atoms with E-state index in [-0.39, 0.29) is 0 Å². The lowest BCUT2D eigenvalue weighted by Gasteiger charge is -2.15. The van der Waals surface area contributed by atoms with Crippen molar-refractivity contribution in [2.24, 2.45) is 5.10 Å². The van der Waals surface area contributed by atoms with E-state index in [1.54, 1.807) is 18.2 Å². The Morgan fingerprint density at radius 1 is 1.43 bits per heavy atom. The predicted molar refractivity (Wildman–Crippen MR) is 73.7 cm³/mol. The van der Waals surface area contributed by atoms with Gasteiger partial charge in [0.25, 0.3) is 0 Å². The van der Waals surface area contributed by atoms with Gasteiger partial charge in [-0.2, -0.15) is 5.10 Å². The molecular formula is C13H14N4O4. The van der Waals surface area contributed by atoms with Gasteiger partial charge in [0.1, 0.15) is 12.7 Å². The zero-order valence-corrected chi connectivity index (χ0v) is 11.5. The number of ether oxygens (including phenoxy) is 2. The van der Waals surface area contributed by atoms with Gasteiger partial charge in [-0.05, 0) is 19.1 Å². The number of hydrogen-bond donors (Lipinski definition) is 1. The molecule has 0 aliphatic carbocycles. The number of carboxylic acids is 1. The summed E-state index contributed by atoms with van der Waals surface area (Å²) in [5, 5.41) is 20.3. The van der Waals surface area contributed by atoms with E-state index in [1.807, 2.05) is 0 Å². The highest BCUT2D eigenvalue weighted by molar-refractivity contribution is 5.85. The van der Waals surface area contributed by atoms with Crippen LogP contribution in [0.4, 0.5) is 0 Å². The Kier molecular flexibility index (Phi) is 4.50. The van der Waals surface area contributed by atoms with Gasteiger partial charge in [-0.15, -0.1) is 10.2 Å². The molecular weight excluding hydrogens is 276 g/mol. The van der Waals surface area contributed by atoms with Gasteiger partial charge in [0.05, 0.1) is 13.3 Å². The van der Waals surface area contributed by atoms with Crippen LogP contribution in [0.25, 0.3) is 0 Å². The maximum absolute atomic E-state index is 10.9. The SMILES string of the molecule is COc1cccc(/C=N/n2cnnc2)c1OC(C)C(=O)O. The molecule has 0 spiro atoms. The zero-order chi connectivity index (χ0) is 15.2. The topological polar surface area (TPSA) is 98.8 Å². The zero-order valence-electron chi connectivity index (χ0n) is 11.5. The van der Waals surface area contributed by atoms with Crippen LogP contribution in [0.5, 0.6) is 11.5 Å². The van der Waals surface area contributed by atoms with Gasteiger partial charge in [-0.3, -0.25) is 0 Å². The summed E-state index contributed by atoms with van der Waals surface area (Å²) in [5.41, 5.74) is 0.580. The van der Waals surface area contributed by atoms with E-state index in [0.717, 1.165) is 0 Å². The van der Waals surface area contributed by atoms with Crippen molar-refractivity contribution in [1.82, 2.24) is 14.9 Å². The number of carboxylic acid groups (broad SMARTS) is 1. The molecule has 21 heavy (non-hydrogen) atoms. The lowest BCUT2D eigenvalue weighted by Crippen LogP contribution is -2.23. The summed E-state index contributed by atoms with van der Waals surface area (Å²) in [4.78, 5) is 10.9. The molecule has 1 atom stereocenters. The van der Waals surface area contributed by atoms with Gasteiger partial charge >= 0.3 is 5.97 Å². The molecule has 8 heteroatoms. The summed E-state index contributed by atoms with van der Waals surface area (Å²) in [7, 11) is 1.48. The average molecular weight is 290 g/mol. The molecule has 0 aliphatic heterocycles. The van der Waals surface area contributed by atoms with Crippen LogP contribution in [-0.4, -0.2) is 45.4 Å². The number of carbonyl (C=O) groups is 1. The Morgan fingerprint density at radius 3 is 2.76 bits per heavy atom. The first-order valence-electron chi connectivity index (χ1n) is 6.07. The van der Waals surface area contributed by atoms with Crippen LogP contribution in [0.1, 0.15) is 12.5 Å². The van der Waals surface area contributed by atoms with Gasteiger partial charge in [-0.1, -0.05) is 6.07 Å². The normalized spacial score (nSPS) is 12.3. The second-order valence-corrected chi connectivity index (χ2v) is 4.06. The number of rotatable bonds is 6. The first-order chi connectivity index (χ1) is 10.1. The van der Waals surface area contributed by atoms with Crippen molar-refractivity contribution in [3.05, 3.63) is 36.4 Å². The van der Waals surface area contributed by atoms with E-state index >= 15 is 0 Å². The molecule has 0 aliphatic rings. The summed E-state index contributed by atoms with van der Waals surface area (Å²) >= 11 is 0. The Balaban J connectivity index is 2.33. The highest BCUT2D eigenvalue weighted by Gasteiger charge is 2.17. The summed E-state index contributed by atoms with van der Waals surface area (Å²) < 4.78 is 12.0. The number of methoxy groups -OCH3 is 1. The van der Waals surface area contributed by atoms with Gasteiger partial charge < -0.3 is 14.6 Å². The third-order valence-electron chi connectivity index (χ3n) is 2.61. The Morgan fingerprint density at radius 2 is 2.14 bits per heavy atom. The van der Waals surface area contributed by atoms with Crippen molar-refractivity contribution in [3.63, 3.8) is 0 Å². The Hall–Kier alpha value is -2.90. The van der Waals surface area contributed by atoms with Crippen LogP contribution < -0.4 is 9.47 Å². The maximum atomic E-state index is 10.9. The molecule has 0 radical (unpaired) electrons. The standard InChI is InChI=1S/C13H14N4O4/c1-9(13(18)19)21-12-10(4-3-5-11(12)20-2)6-16-17-7-14-15-8-17/h3-9H,1-2H3,(H,18,19)/b16-6+. The third-order valence-corrected chi connectivity index (χ3v) is 2.61. The molecule has 2 rings (SSSR count). The molecule has 1 aromatic heterocycles. The molecule has 0 fully saturated rings. The second-order valence-electron chi connectivity index (χ2n) is 4.06. The van der Waals surface area contributed by atoms with E-state index in [9.17, 15) is 4.79 Å². The molecule has 0 bridgehead atoms. The predicted octanol–water partition coefficient (Wildman–Crippen LogP) is 1.02. The quantitative estimate of drug-likeness (QED) is 0.797. The summed E-state index contributed by atoms with van der Waals surface area (Å²) in [6.07, 6.45) is 3.35. The molecule has 2 aromatic rings. The highest BCUT2D eigenvalue weighted by Crippen LogP contribution is 2.31. The number of nitrogens with zero attached hydrogens (tertiary/aromatic N) is 4. The number of benzene rings is 1. The van der Waals surface area contributed by atoms with Gasteiger partial charge in [-0.25, -0.2) is 9.47 Å². The molecule has 1 heterocycles. The third kappa shape index (κ3) is 3.56. The second kappa shape index (κ2) is 6.51. The van der Waals surface area contributed by atoms with Crippen LogP contribution in [0.3, 0.4) is 0 Å². The van der Waals surface area contributed by atoms with Crippen LogP contribution in [0.2, 0.25) is 0 Å². The molecule has 110 valence electrons. The van der Waals surface area contributed by atoms with E-state index < -0.39 is 12.1 Å². The maximum Gasteiger partial charge on any atom is 0.344 e. The lowest BCUT2D eigenvalue weighted by atomic mass is 10.2. The fraction of sp³-hybridized carbons (Fsp3) is 0.231. The van der Waals surface area contributed by atoms with Crippen LogP contribution in [-0.2, 0) is 4.79 Å². The molecule has 8 nitrogen and oxygen atoms in total. The molecule has 1 N–H and O–H groups in total. The van der Waals surface area contributed by atoms with Crippen molar-refractivity contribution < 1.29 is 19.4 Å². The van der Waals surface area contributed by atoms with Gasteiger partial charge in [0, 0.05) is 5.56 Å². The van der Waals surface area contributed by atoms with Crippen molar-refractivity contribution in [2.75, 3.05) is 7.11 Å². The molecule has 1 unspecified atom stereocenters. The molecule has 0 saturated carbocycles. The Labute approximate surface area is 120 Å². The average Bonchev–Trinajstić information content (AvgIpc) is 2.99. The van der Waals surface area contributed by atoms with E-state index in [1.165, 1.54) is 37.6 Å². The summed E-state index contributed by atoms with van der Waals surface area (Å²) in [6.45, 7) is 1.44. The molecule has 0 saturated heterocycles. The summed E-state index contributed by atoms with van der Waals surface area (Å²) in [5.74, 6) is -0.329. The first-order valence-corrected chi connectivity index (χ1v) is 6.07. The number of para-hydroxylation sites is 1. The Bertz CT molecular complexity index is 640. The van der Waals surface area contributed by atoms with Crippen LogP contribution >= 0.6 is 0 Å². The van der Waals surface area contributed by atoms with Crippen LogP contribution in [0.15, 0.2) is 36.0 Å². The fourth-order valence-corrected chi connectivity index (χ4v) is 1.53. The largest absolute Gasteiger partial charge is 0.493 e. The van der Waals surface area contributed by atoms with Gasteiger partial charge in [0.15, 0.2) is 17.6 Å². The van der Waals surface area contributed by atoms with Crippen molar-refractivity contribution in [2.45, 2.75) is 13.0 Å². The van der Waals surface area contributed by atoms with E-state index in [4.69, 9.17) is 14.6 Å². The van der Waals surface area contributed by atoms with Crippen molar-refractivity contribution in [1.29, 1.82) is 0 Å². The minimum Gasteiger partial charge on any atom is -0.493 e. The minimum atomic E-state index is -1.07. The summed E-state index contributed by atoms with van der Waals surface area (Å²) in [6, 6.07) is 5.17. The highest BCUT2D eigenvalue weighted by atomic mass is 16.5. The smallest absolute Gasteiger partial charge is 0.344 e.